The van der Waals surface area contributed by atoms with E-state index in [1.807, 2.05) is 23.9 Å². The van der Waals surface area contributed by atoms with Crippen LogP contribution >= 0.6 is 11.8 Å². The smallest absolute Gasteiger partial charge is 0.257 e. The van der Waals surface area contributed by atoms with Crippen molar-refractivity contribution in [3.8, 4) is 5.75 Å². The second kappa shape index (κ2) is 11.1. The van der Waals surface area contributed by atoms with Gasteiger partial charge < -0.3 is 10.1 Å². The number of carbonyl (C=O) groups excluding carboxylic acids is 1. The number of ether oxygens (including phenoxy) is 1. The van der Waals surface area contributed by atoms with Crippen LogP contribution in [0.5, 0.6) is 5.75 Å². The van der Waals surface area contributed by atoms with E-state index >= 15 is 0 Å². The van der Waals surface area contributed by atoms with Gasteiger partial charge in [0, 0.05) is 18.0 Å². The first-order chi connectivity index (χ1) is 14.8. The Morgan fingerprint density at radius 3 is 2.42 bits per heavy atom. The van der Waals surface area contributed by atoms with Crippen molar-refractivity contribution in [3.63, 3.8) is 0 Å². The fourth-order valence-corrected chi connectivity index (χ4v) is 4.54. The molecule has 0 aromatic heterocycles. The summed E-state index contributed by atoms with van der Waals surface area (Å²) in [5.74, 6) is 1.24. The molecule has 2 aromatic carbocycles. The van der Waals surface area contributed by atoms with E-state index in [4.69, 9.17) is 4.74 Å². The molecule has 1 fully saturated rings. The number of amides is 1. The highest BCUT2D eigenvalue weighted by molar-refractivity contribution is 7.98. The molecule has 0 aliphatic carbocycles. The molecular weight excluding hydrogens is 404 g/mol. The molecule has 1 amide bonds. The van der Waals surface area contributed by atoms with Crippen LogP contribution in [0.25, 0.3) is 0 Å². The van der Waals surface area contributed by atoms with Crippen LogP contribution in [0.2, 0.25) is 0 Å². The van der Waals surface area contributed by atoms with Gasteiger partial charge in [0.2, 0.25) is 0 Å². The fourth-order valence-electron chi connectivity index (χ4n) is 3.93. The van der Waals surface area contributed by atoms with Crippen LogP contribution in [0.1, 0.15) is 44.7 Å². The van der Waals surface area contributed by atoms with E-state index in [0.29, 0.717) is 5.92 Å². The molecule has 168 valence electrons. The molecule has 1 aliphatic heterocycles. The molecule has 1 saturated heterocycles. The quantitative estimate of drug-likeness (QED) is 0.579. The molecular formula is C26H36N2O2S. The predicted octanol–water partition coefficient (Wildman–Crippen LogP) is 5.11. The standard InChI is InChI=1S/C26H36N2O2S/c1-26(2,3)22-9-11-23(12-10-22)30-19-25(29)27-17-20-13-15-28(16-14-20)18-21-7-5-6-8-24(21)31-4/h5-12,20H,13-19H2,1-4H3,(H,27,29). The molecule has 4 nitrogen and oxygen atoms in total. The van der Waals surface area contributed by atoms with Gasteiger partial charge in [-0.1, -0.05) is 51.1 Å². The Hall–Kier alpha value is -1.98. The van der Waals surface area contributed by atoms with E-state index in [2.05, 4.69) is 73.6 Å². The Bertz CT molecular complexity index is 837. The van der Waals surface area contributed by atoms with Gasteiger partial charge in [0.05, 0.1) is 0 Å². The summed E-state index contributed by atoms with van der Waals surface area (Å²) in [7, 11) is 0. The van der Waals surface area contributed by atoms with Crippen molar-refractivity contribution in [2.45, 2.75) is 50.5 Å². The highest BCUT2D eigenvalue weighted by Crippen LogP contribution is 2.25. The van der Waals surface area contributed by atoms with Crippen molar-refractivity contribution in [1.29, 1.82) is 0 Å². The maximum atomic E-state index is 12.2. The third-order valence-corrected chi connectivity index (χ3v) is 6.81. The summed E-state index contributed by atoms with van der Waals surface area (Å²) in [6.07, 6.45) is 4.38. The summed E-state index contributed by atoms with van der Waals surface area (Å²) in [6.45, 7) is 10.5. The van der Waals surface area contributed by atoms with Crippen LogP contribution in [0.3, 0.4) is 0 Å². The van der Waals surface area contributed by atoms with Gasteiger partial charge in [-0.2, -0.15) is 0 Å². The first-order valence-electron chi connectivity index (χ1n) is 11.2. The molecule has 5 heteroatoms. The van der Waals surface area contributed by atoms with Crippen LogP contribution in [0.4, 0.5) is 0 Å². The summed E-state index contributed by atoms with van der Waals surface area (Å²) < 4.78 is 5.66. The Morgan fingerprint density at radius 2 is 1.77 bits per heavy atom. The molecule has 0 atom stereocenters. The molecule has 1 N–H and O–H groups in total. The Labute approximate surface area is 191 Å². The Kier molecular flexibility index (Phi) is 8.44. The lowest BCUT2D eigenvalue weighted by molar-refractivity contribution is -0.123. The minimum Gasteiger partial charge on any atom is -0.484 e. The van der Waals surface area contributed by atoms with E-state index in [1.54, 1.807) is 0 Å². The zero-order chi connectivity index (χ0) is 22.3. The van der Waals surface area contributed by atoms with Crippen molar-refractivity contribution in [2.24, 2.45) is 5.92 Å². The molecule has 3 rings (SSSR count). The van der Waals surface area contributed by atoms with Crippen LogP contribution in [0.15, 0.2) is 53.4 Å². The van der Waals surface area contributed by atoms with Crippen molar-refractivity contribution in [2.75, 3.05) is 32.5 Å². The Morgan fingerprint density at radius 1 is 1.10 bits per heavy atom. The Balaban J connectivity index is 1.35. The van der Waals surface area contributed by atoms with Gasteiger partial charge >= 0.3 is 0 Å². The lowest BCUT2D eigenvalue weighted by Crippen LogP contribution is -2.39. The van der Waals surface area contributed by atoms with E-state index in [9.17, 15) is 4.79 Å². The van der Waals surface area contributed by atoms with Crippen molar-refractivity contribution >= 4 is 17.7 Å². The molecule has 31 heavy (non-hydrogen) atoms. The van der Waals surface area contributed by atoms with Gasteiger partial charge in [-0.15, -0.1) is 11.8 Å². The highest BCUT2D eigenvalue weighted by atomic mass is 32.2. The molecule has 0 bridgehead atoms. The molecule has 1 heterocycles. The number of hydrogen-bond acceptors (Lipinski definition) is 4. The summed E-state index contributed by atoms with van der Waals surface area (Å²) >= 11 is 1.81. The molecule has 0 unspecified atom stereocenters. The number of rotatable bonds is 8. The summed E-state index contributed by atoms with van der Waals surface area (Å²) in [6, 6.07) is 16.7. The number of nitrogens with one attached hydrogen (secondary N) is 1. The predicted molar refractivity (Wildman–Crippen MR) is 130 cm³/mol. The third kappa shape index (κ3) is 7.29. The second-order valence-electron chi connectivity index (χ2n) is 9.40. The summed E-state index contributed by atoms with van der Waals surface area (Å²) in [5, 5.41) is 3.06. The van der Waals surface area contributed by atoms with Crippen LogP contribution in [0, 0.1) is 5.92 Å². The first kappa shape index (κ1) is 23.7. The maximum Gasteiger partial charge on any atom is 0.257 e. The minimum absolute atomic E-state index is 0.0452. The lowest BCUT2D eigenvalue weighted by atomic mass is 9.87. The van der Waals surface area contributed by atoms with E-state index in [0.717, 1.165) is 44.8 Å². The summed E-state index contributed by atoms with van der Waals surface area (Å²) in [5.41, 5.74) is 2.78. The first-order valence-corrected chi connectivity index (χ1v) is 12.4. The normalized spacial score (nSPS) is 15.6. The summed E-state index contributed by atoms with van der Waals surface area (Å²) in [4.78, 5) is 16.1. The SMILES string of the molecule is CSc1ccccc1CN1CCC(CNC(=O)COc2ccc(C(C)(C)C)cc2)CC1. The van der Waals surface area contributed by atoms with Gasteiger partial charge in [0.15, 0.2) is 6.61 Å². The van der Waals surface area contributed by atoms with Gasteiger partial charge in [-0.05, 0) is 72.8 Å². The van der Waals surface area contributed by atoms with Gasteiger partial charge in [0.1, 0.15) is 5.75 Å². The molecule has 0 radical (unpaired) electrons. The highest BCUT2D eigenvalue weighted by Gasteiger charge is 2.20. The minimum atomic E-state index is -0.0452. The van der Waals surface area contributed by atoms with Crippen molar-refractivity contribution in [3.05, 3.63) is 59.7 Å². The van der Waals surface area contributed by atoms with Gasteiger partial charge in [-0.25, -0.2) is 0 Å². The number of nitrogens with zero attached hydrogens (tertiary/aromatic N) is 1. The molecule has 2 aromatic rings. The largest absolute Gasteiger partial charge is 0.484 e. The number of thioether (sulfide) groups is 1. The third-order valence-electron chi connectivity index (χ3n) is 5.97. The topological polar surface area (TPSA) is 41.6 Å². The zero-order valence-electron chi connectivity index (χ0n) is 19.3. The van der Waals surface area contributed by atoms with Crippen molar-refractivity contribution < 1.29 is 9.53 Å². The number of piperidine rings is 1. The number of hydrogen-bond donors (Lipinski definition) is 1. The van der Waals surface area contributed by atoms with Crippen molar-refractivity contribution in [1.82, 2.24) is 10.2 Å². The number of likely N-dealkylation sites (tertiary alicyclic amines) is 1. The van der Waals surface area contributed by atoms with Crippen LogP contribution in [-0.2, 0) is 16.8 Å². The molecule has 0 spiro atoms. The lowest BCUT2D eigenvalue weighted by Gasteiger charge is -2.32. The average molecular weight is 441 g/mol. The van der Waals surface area contributed by atoms with Gasteiger partial charge in [-0.3, -0.25) is 9.69 Å². The second-order valence-corrected chi connectivity index (χ2v) is 10.2. The average Bonchev–Trinajstić information content (AvgIpc) is 2.77. The molecule has 1 aliphatic rings. The van der Waals surface area contributed by atoms with E-state index in [1.165, 1.54) is 16.0 Å². The number of benzene rings is 2. The van der Waals surface area contributed by atoms with Gasteiger partial charge in [0.25, 0.3) is 5.91 Å². The fraction of sp³-hybridized carbons (Fsp3) is 0.500. The monoisotopic (exact) mass is 440 g/mol. The van der Waals surface area contributed by atoms with Crippen LogP contribution < -0.4 is 10.1 Å². The van der Waals surface area contributed by atoms with E-state index < -0.39 is 0 Å². The molecule has 0 saturated carbocycles. The van der Waals surface area contributed by atoms with E-state index in [-0.39, 0.29) is 17.9 Å². The number of carbonyl (C=O) groups is 1. The van der Waals surface area contributed by atoms with Crippen LogP contribution in [-0.4, -0.2) is 43.3 Å². The zero-order valence-corrected chi connectivity index (χ0v) is 20.1. The maximum absolute atomic E-state index is 12.2.